The zero-order chi connectivity index (χ0) is 16.9. The first-order valence-corrected chi connectivity index (χ1v) is 8.06. The smallest absolute Gasteiger partial charge is 0.251 e. The number of H-pyrrole nitrogens is 1. The second-order valence-electron chi connectivity index (χ2n) is 6.12. The zero-order valence-corrected chi connectivity index (χ0v) is 13.9. The first kappa shape index (κ1) is 16.1. The van der Waals surface area contributed by atoms with Crippen molar-refractivity contribution in [3.8, 4) is 5.75 Å². The lowest BCUT2D eigenvalue weighted by Crippen LogP contribution is -2.23. The van der Waals surface area contributed by atoms with Crippen molar-refractivity contribution >= 4 is 16.9 Å². The summed E-state index contributed by atoms with van der Waals surface area (Å²) >= 11 is 0. The van der Waals surface area contributed by atoms with Crippen LogP contribution in [0.1, 0.15) is 30.0 Å². The first-order chi connectivity index (χ1) is 11.6. The van der Waals surface area contributed by atoms with Gasteiger partial charge in [0, 0.05) is 5.56 Å². The summed E-state index contributed by atoms with van der Waals surface area (Å²) in [6, 6.07) is 15.0. The molecule has 1 aromatic heterocycles. The molecular formula is C19H21N3O2. The predicted octanol–water partition coefficient (Wildman–Crippen LogP) is 3.53. The highest BCUT2D eigenvalue weighted by Gasteiger charge is 2.09. The molecule has 1 amide bonds. The Morgan fingerprint density at radius 3 is 2.83 bits per heavy atom. The highest BCUT2D eigenvalue weighted by Crippen LogP contribution is 2.15. The van der Waals surface area contributed by atoms with E-state index in [1.807, 2.05) is 36.4 Å². The topological polar surface area (TPSA) is 67.0 Å². The number of nitrogens with zero attached hydrogens (tertiary/aromatic N) is 1. The summed E-state index contributed by atoms with van der Waals surface area (Å²) in [5, 5.41) is 2.88. The van der Waals surface area contributed by atoms with Crippen molar-refractivity contribution in [1.29, 1.82) is 0 Å². The van der Waals surface area contributed by atoms with Crippen molar-refractivity contribution in [2.45, 2.75) is 20.4 Å². The third-order valence-corrected chi connectivity index (χ3v) is 3.53. The van der Waals surface area contributed by atoms with Crippen LogP contribution in [-0.2, 0) is 6.54 Å². The molecule has 0 aliphatic rings. The van der Waals surface area contributed by atoms with E-state index in [2.05, 4.69) is 29.1 Å². The quantitative estimate of drug-likeness (QED) is 0.729. The monoisotopic (exact) mass is 323 g/mol. The summed E-state index contributed by atoms with van der Waals surface area (Å²) in [5.41, 5.74) is 2.43. The summed E-state index contributed by atoms with van der Waals surface area (Å²) in [4.78, 5) is 20.0. The van der Waals surface area contributed by atoms with Gasteiger partial charge in [-0.3, -0.25) is 4.79 Å². The molecule has 5 heteroatoms. The van der Waals surface area contributed by atoms with E-state index < -0.39 is 0 Å². The van der Waals surface area contributed by atoms with E-state index in [9.17, 15) is 4.79 Å². The number of amides is 1. The van der Waals surface area contributed by atoms with Gasteiger partial charge in [0.15, 0.2) is 0 Å². The molecule has 5 nitrogen and oxygen atoms in total. The van der Waals surface area contributed by atoms with E-state index in [0.29, 0.717) is 30.4 Å². The van der Waals surface area contributed by atoms with Crippen LogP contribution in [0.3, 0.4) is 0 Å². The van der Waals surface area contributed by atoms with Crippen molar-refractivity contribution in [3.63, 3.8) is 0 Å². The number of para-hydroxylation sites is 2. The molecule has 3 rings (SSSR count). The number of ether oxygens (including phenoxy) is 1. The van der Waals surface area contributed by atoms with Gasteiger partial charge < -0.3 is 15.0 Å². The predicted molar refractivity (Wildman–Crippen MR) is 94.0 cm³/mol. The van der Waals surface area contributed by atoms with E-state index in [1.54, 1.807) is 12.1 Å². The Morgan fingerprint density at radius 1 is 1.21 bits per heavy atom. The summed E-state index contributed by atoms with van der Waals surface area (Å²) in [7, 11) is 0. The molecule has 2 N–H and O–H groups in total. The number of benzene rings is 2. The van der Waals surface area contributed by atoms with E-state index >= 15 is 0 Å². The molecule has 0 saturated carbocycles. The molecule has 1 heterocycles. The average Bonchev–Trinajstić information content (AvgIpc) is 3.01. The number of hydrogen-bond donors (Lipinski definition) is 2. The minimum atomic E-state index is -0.148. The summed E-state index contributed by atoms with van der Waals surface area (Å²) in [6.45, 7) is 5.16. The SMILES string of the molecule is CC(C)COc1cccc(C(=O)NCc2nc3ccccc3[nH]2)c1. The molecule has 0 atom stereocenters. The standard InChI is InChI=1S/C19H21N3O2/c1-13(2)12-24-15-7-5-6-14(10-15)19(23)20-11-18-21-16-8-3-4-9-17(16)22-18/h3-10,13H,11-12H2,1-2H3,(H,20,23)(H,21,22). The van der Waals surface area contributed by atoms with Gasteiger partial charge in [0.25, 0.3) is 5.91 Å². The Kier molecular flexibility index (Phi) is 4.79. The van der Waals surface area contributed by atoms with E-state index in [1.165, 1.54) is 0 Å². The second kappa shape index (κ2) is 7.17. The highest BCUT2D eigenvalue weighted by atomic mass is 16.5. The van der Waals surface area contributed by atoms with Crippen LogP contribution in [0.5, 0.6) is 5.75 Å². The number of rotatable bonds is 6. The minimum Gasteiger partial charge on any atom is -0.493 e. The van der Waals surface area contributed by atoms with Gasteiger partial charge in [-0.2, -0.15) is 0 Å². The maximum Gasteiger partial charge on any atom is 0.251 e. The van der Waals surface area contributed by atoms with Crippen molar-refractivity contribution in [3.05, 3.63) is 59.9 Å². The van der Waals surface area contributed by atoms with Crippen LogP contribution >= 0.6 is 0 Å². The molecule has 0 fully saturated rings. The van der Waals surface area contributed by atoms with Crippen LogP contribution in [0.4, 0.5) is 0 Å². The normalized spacial score (nSPS) is 11.0. The van der Waals surface area contributed by atoms with E-state index in [4.69, 9.17) is 4.74 Å². The van der Waals surface area contributed by atoms with Gasteiger partial charge in [0.2, 0.25) is 0 Å². The number of fused-ring (bicyclic) bond motifs is 1. The van der Waals surface area contributed by atoms with Crippen LogP contribution in [0.25, 0.3) is 11.0 Å². The molecule has 0 radical (unpaired) electrons. The first-order valence-electron chi connectivity index (χ1n) is 8.06. The third-order valence-electron chi connectivity index (χ3n) is 3.53. The van der Waals surface area contributed by atoms with Crippen molar-refractivity contribution < 1.29 is 9.53 Å². The number of aromatic amines is 1. The largest absolute Gasteiger partial charge is 0.493 e. The van der Waals surface area contributed by atoms with Gasteiger partial charge in [0.1, 0.15) is 11.6 Å². The van der Waals surface area contributed by atoms with E-state index in [0.717, 1.165) is 16.9 Å². The number of imidazole rings is 1. The Hall–Kier alpha value is -2.82. The molecule has 0 aliphatic carbocycles. The molecule has 0 aliphatic heterocycles. The number of carbonyl (C=O) groups excluding carboxylic acids is 1. The Balaban J connectivity index is 1.63. The van der Waals surface area contributed by atoms with Gasteiger partial charge in [-0.1, -0.05) is 32.0 Å². The Labute approximate surface area is 141 Å². The van der Waals surface area contributed by atoms with Gasteiger partial charge in [0.05, 0.1) is 24.2 Å². The number of hydrogen-bond acceptors (Lipinski definition) is 3. The molecular weight excluding hydrogens is 302 g/mol. The average molecular weight is 323 g/mol. The van der Waals surface area contributed by atoms with Crippen molar-refractivity contribution in [1.82, 2.24) is 15.3 Å². The molecule has 0 spiro atoms. The third kappa shape index (κ3) is 3.93. The number of aromatic nitrogens is 2. The lowest BCUT2D eigenvalue weighted by Gasteiger charge is -2.10. The Morgan fingerprint density at radius 2 is 2.04 bits per heavy atom. The molecule has 3 aromatic rings. The molecule has 124 valence electrons. The molecule has 0 unspecified atom stereocenters. The van der Waals surface area contributed by atoms with Crippen molar-refractivity contribution in [2.24, 2.45) is 5.92 Å². The maximum atomic E-state index is 12.3. The molecule has 24 heavy (non-hydrogen) atoms. The van der Waals surface area contributed by atoms with Crippen molar-refractivity contribution in [2.75, 3.05) is 6.61 Å². The second-order valence-corrected chi connectivity index (χ2v) is 6.12. The fraction of sp³-hybridized carbons (Fsp3) is 0.263. The van der Waals surface area contributed by atoms with Gasteiger partial charge >= 0.3 is 0 Å². The summed E-state index contributed by atoms with van der Waals surface area (Å²) < 4.78 is 5.66. The minimum absolute atomic E-state index is 0.148. The lowest BCUT2D eigenvalue weighted by molar-refractivity contribution is 0.0949. The van der Waals surface area contributed by atoms with Crippen LogP contribution < -0.4 is 10.1 Å². The fourth-order valence-electron chi connectivity index (χ4n) is 2.35. The molecule has 0 saturated heterocycles. The zero-order valence-electron chi connectivity index (χ0n) is 13.9. The van der Waals surface area contributed by atoms with Gasteiger partial charge in [-0.25, -0.2) is 4.98 Å². The van der Waals surface area contributed by atoms with Crippen LogP contribution in [-0.4, -0.2) is 22.5 Å². The number of carbonyl (C=O) groups is 1. The lowest BCUT2D eigenvalue weighted by atomic mass is 10.2. The fourth-order valence-corrected chi connectivity index (χ4v) is 2.35. The van der Waals surface area contributed by atoms with E-state index in [-0.39, 0.29) is 5.91 Å². The number of nitrogens with one attached hydrogen (secondary N) is 2. The molecule has 0 bridgehead atoms. The van der Waals surface area contributed by atoms with Crippen LogP contribution in [0, 0.1) is 5.92 Å². The van der Waals surface area contributed by atoms with Gasteiger partial charge in [-0.05, 0) is 36.2 Å². The molecule has 2 aromatic carbocycles. The summed E-state index contributed by atoms with van der Waals surface area (Å²) in [5.74, 6) is 1.73. The Bertz CT molecular complexity index is 806. The maximum absolute atomic E-state index is 12.3. The highest BCUT2D eigenvalue weighted by molar-refractivity contribution is 5.94. The van der Waals surface area contributed by atoms with Crippen LogP contribution in [0.2, 0.25) is 0 Å². The van der Waals surface area contributed by atoms with Gasteiger partial charge in [-0.15, -0.1) is 0 Å². The van der Waals surface area contributed by atoms with Crippen LogP contribution in [0.15, 0.2) is 48.5 Å². The summed E-state index contributed by atoms with van der Waals surface area (Å²) in [6.07, 6.45) is 0.